The third-order valence-electron chi connectivity index (χ3n) is 4.36. The van der Waals surface area contributed by atoms with Gasteiger partial charge in [0, 0.05) is 11.8 Å². The van der Waals surface area contributed by atoms with Crippen LogP contribution in [0, 0.1) is 34.0 Å². The molecule has 4 heteroatoms. The summed E-state index contributed by atoms with van der Waals surface area (Å²) >= 11 is 0. The van der Waals surface area contributed by atoms with Crippen molar-refractivity contribution in [3.63, 3.8) is 0 Å². The Bertz CT molecular complexity index is 473. The highest BCUT2D eigenvalue weighted by molar-refractivity contribution is 5.90. The van der Waals surface area contributed by atoms with Crippen LogP contribution in [-0.2, 0) is 14.3 Å². The van der Waals surface area contributed by atoms with Gasteiger partial charge in [-0.2, -0.15) is 0 Å². The number of rotatable bonds is 3. The molecule has 1 fully saturated rings. The first-order valence-electron chi connectivity index (χ1n) is 6.95. The minimum atomic E-state index is -0.933. The van der Waals surface area contributed by atoms with Crippen molar-refractivity contribution in [2.45, 2.75) is 48.0 Å². The molecule has 1 rings (SSSR count). The van der Waals surface area contributed by atoms with E-state index in [4.69, 9.17) is 4.74 Å². The topological polar surface area (TPSA) is 63.6 Å². The smallest absolute Gasteiger partial charge is 0.384 e. The van der Waals surface area contributed by atoms with Crippen LogP contribution in [0.15, 0.2) is 0 Å². The van der Waals surface area contributed by atoms with E-state index in [0.717, 1.165) is 6.42 Å². The van der Waals surface area contributed by atoms with Crippen LogP contribution in [-0.4, -0.2) is 23.7 Å². The van der Waals surface area contributed by atoms with Crippen LogP contribution in [0.1, 0.15) is 48.0 Å². The molecule has 0 bridgehead atoms. The summed E-state index contributed by atoms with van der Waals surface area (Å²) < 4.78 is 4.89. The minimum Gasteiger partial charge on any atom is -0.481 e. The molecular weight excluding hydrogens is 256 g/mol. The van der Waals surface area contributed by atoms with Crippen molar-refractivity contribution in [3.8, 4) is 11.8 Å². The van der Waals surface area contributed by atoms with Crippen LogP contribution in [0.25, 0.3) is 0 Å². The van der Waals surface area contributed by atoms with Gasteiger partial charge >= 0.3 is 11.9 Å². The zero-order valence-corrected chi connectivity index (χ0v) is 13.2. The number of carboxylic acids is 1. The maximum absolute atomic E-state index is 11.8. The molecule has 1 aliphatic carbocycles. The van der Waals surface area contributed by atoms with Crippen molar-refractivity contribution < 1.29 is 19.4 Å². The Morgan fingerprint density at radius 1 is 1.30 bits per heavy atom. The molecule has 0 aromatic heterocycles. The second-order valence-corrected chi connectivity index (χ2v) is 6.92. The zero-order valence-electron chi connectivity index (χ0n) is 13.2. The van der Waals surface area contributed by atoms with Gasteiger partial charge in [-0.3, -0.25) is 4.79 Å². The molecule has 20 heavy (non-hydrogen) atoms. The first-order valence-corrected chi connectivity index (χ1v) is 6.95. The Hall–Kier alpha value is -1.50. The van der Waals surface area contributed by atoms with Crippen molar-refractivity contribution >= 4 is 11.9 Å². The molecule has 1 aliphatic rings. The number of carboxylic acid groups (broad SMARTS) is 1. The third kappa shape index (κ3) is 2.30. The number of ether oxygens (including phenoxy) is 1. The number of carbonyl (C=O) groups excluding carboxylic acids is 1. The summed E-state index contributed by atoms with van der Waals surface area (Å²) in [6, 6.07) is 0. The predicted octanol–water partition coefficient (Wildman–Crippen LogP) is 2.72. The average molecular weight is 280 g/mol. The molecule has 112 valence electrons. The molecule has 2 atom stereocenters. The van der Waals surface area contributed by atoms with Crippen molar-refractivity contribution in [3.05, 3.63) is 0 Å². The monoisotopic (exact) mass is 280 g/mol. The van der Waals surface area contributed by atoms with Gasteiger partial charge in [0.15, 0.2) is 0 Å². The quantitative estimate of drug-likeness (QED) is 0.490. The van der Waals surface area contributed by atoms with Crippen LogP contribution >= 0.6 is 0 Å². The minimum absolute atomic E-state index is 0.338. The third-order valence-corrected chi connectivity index (χ3v) is 4.36. The summed E-state index contributed by atoms with van der Waals surface area (Å²) in [5.41, 5.74) is -1.83. The van der Waals surface area contributed by atoms with E-state index in [1.54, 1.807) is 0 Å². The second-order valence-electron chi connectivity index (χ2n) is 6.92. The molecule has 0 aromatic carbocycles. The molecule has 1 saturated carbocycles. The maximum Gasteiger partial charge on any atom is 0.384 e. The zero-order chi connectivity index (χ0) is 15.8. The highest BCUT2D eigenvalue weighted by Crippen LogP contribution is 2.75. The second kappa shape index (κ2) is 5.12. The SMILES string of the molecule is CCCOC(=O)C#C[C@H]1C(C)(C)[C@]1(C(=O)O)C(C)(C)C. The number of hydrogen-bond acceptors (Lipinski definition) is 3. The van der Waals surface area contributed by atoms with E-state index in [1.165, 1.54) is 0 Å². The van der Waals surface area contributed by atoms with E-state index in [1.807, 2.05) is 41.5 Å². The molecule has 0 unspecified atom stereocenters. The molecule has 1 N–H and O–H groups in total. The first-order chi connectivity index (χ1) is 9.03. The van der Waals surface area contributed by atoms with E-state index in [9.17, 15) is 14.7 Å². The van der Waals surface area contributed by atoms with Crippen molar-refractivity contribution in [2.24, 2.45) is 22.2 Å². The van der Waals surface area contributed by atoms with Crippen LogP contribution in [0.5, 0.6) is 0 Å². The Labute approximate surface area is 120 Å². The molecule has 0 heterocycles. The number of carbonyl (C=O) groups is 2. The normalized spacial score (nSPS) is 27.2. The van der Waals surface area contributed by atoms with E-state index < -0.39 is 28.2 Å². The Kier molecular flexibility index (Phi) is 4.24. The standard InChI is InChI=1S/C16H24O4/c1-7-10-20-12(17)9-8-11-15(5,6)16(11,13(18)19)14(2,3)4/h11H,7,10H2,1-6H3,(H,18,19)/t11-,16+/m0/s1. The number of esters is 1. The summed E-state index contributed by atoms with van der Waals surface area (Å²) in [5, 5.41) is 9.67. The van der Waals surface area contributed by atoms with Crippen LogP contribution in [0.4, 0.5) is 0 Å². The lowest BCUT2D eigenvalue weighted by Crippen LogP contribution is -2.35. The summed E-state index contributed by atoms with van der Waals surface area (Å²) in [6.07, 6.45) is 0.739. The van der Waals surface area contributed by atoms with Gasteiger partial charge in [-0.15, -0.1) is 0 Å². The average Bonchev–Trinajstić information content (AvgIpc) is 2.80. The maximum atomic E-state index is 11.8. The van der Waals surface area contributed by atoms with E-state index in [2.05, 4.69) is 11.8 Å². The highest BCUT2D eigenvalue weighted by Gasteiger charge is 2.80. The molecule has 4 nitrogen and oxygen atoms in total. The number of hydrogen-bond donors (Lipinski definition) is 1. The van der Waals surface area contributed by atoms with Gasteiger partial charge in [0.1, 0.15) is 0 Å². The van der Waals surface area contributed by atoms with E-state index >= 15 is 0 Å². The van der Waals surface area contributed by atoms with Gasteiger partial charge in [-0.05, 0) is 17.3 Å². The molecule has 0 radical (unpaired) electrons. The van der Waals surface area contributed by atoms with Gasteiger partial charge in [-0.25, -0.2) is 4.79 Å². The summed E-state index contributed by atoms with van der Waals surface area (Å²) in [4.78, 5) is 23.2. The lowest BCUT2D eigenvalue weighted by atomic mass is 9.72. The van der Waals surface area contributed by atoms with Crippen molar-refractivity contribution in [2.75, 3.05) is 6.61 Å². The van der Waals surface area contributed by atoms with Crippen molar-refractivity contribution in [1.82, 2.24) is 0 Å². The van der Waals surface area contributed by atoms with Crippen LogP contribution < -0.4 is 0 Å². The predicted molar refractivity (Wildman–Crippen MR) is 75.8 cm³/mol. The Morgan fingerprint density at radius 2 is 1.85 bits per heavy atom. The molecule has 0 aromatic rings. The largest absolute Gasteiger partial charge is 0.481 e. The highest BCUT2D eigenvalue weighted by atomic mass is 16.5. The van der Waals surface area contributed by atoms with E-state index in [0.29, 0.717) is 6.61 Å². The fourth-order valence-electron chi connectivity index (χ4n) is 3.53. The molecule has 0 spiro atoms. The first kappa shape index (κ1) is 16.6. The van der Waals surface area contributed by atoms with Gasteiger partial charge in [-0.1, -0.05) is 47.5 Å². The molecule has 0 aliphatic heterocycles. The lowest BCUT2D eigenvalue weighted by Gasteiger charge is -2.30. The van der Waals surface area contributed by atoms with Gasteiger partial charge in [0.05, 0.1) is 12.0 Å². The lowest BCUT2D eigenvalue weighted by molar-refractivity contribution is -0.150. The summed E-state index contributed by atoms with van der Waals surface area (Å²) in [5.74, 6) is 3.49. The summed E-state index contributed by atoms with van der Waals surface area (Å²) in [6.45, 7) is 11.7. The molecule has 0 amide bonds. The van der Waals surface area contributed by atoms with Crippen molar-refractivity contribution in [1.29, 1.82) is 0 Å². The van der Waals surface area contributed by atoms with Gasteiger partial charge < -0.3 is 9.84 Å². The summed E-state index contributed by atoms with van der Waals surface area (Å²) in [7, 11) is 0. The molecule has 0 saturated heterocycles. The fraction of sp³-hybridized carbons (Fsp3) is 0.750. The van der Waals surface area contributed by atoms with Gasteiger partial charge in [0.25, 0.3) is 0 Å². The Balaban J connectivity index is 3.01. The van der Waals surface area contributed by atoms with Crippen LogP contribution in [0.3, 0.4) is 0 Å². The van der Waals surface area contributed by atoms with Crippen LogP contribution in [0.2, 0.25) is 0 Å². The van der Waals surface area contributed by atoms with E-state index in [-0.39, 0.29) is 5.92 Å². The van der Waals surface area contributed by atoms with Gasteiger partial charge in [0.2, 0.25) is 0 Å². The Morgan fingerprint density at radius 3 is 2.20 bits per heavy atom. The fourth-order valence-corrected chi connectivity index (χ4v) is 3.53. The number of aliphatic carboxylic acids is 1. The molecular formula is C16H24O4.